The summed E-state index contributed by atoms with van der Waals surface area (Å²) in [6.07, 6.45) is 7.14. The molecular weight excluding hydrogens is 332 g/mol. The predicted octanol–water partition coefficient (Wildman–Crippen LogP) is 2.09. The smallest absolute Gasteiger partial charge is 0.226 e. The lowest BCUT2D eigenvalue weighted by molar-refractivity contribution is -0.122. The molecule has 2 aromatic heterocycles. The SMILES string of the molecule is CC(C)c1noc(CCCC(=O)NC2CCN(c3ncccn3)CC2)n1. The fourth-order valence-electron chi connectivity index (χ4n) is 2.98. The molecule has 1 amide bonds. The Morgan fingerprint density at radius 2 is 2.04 bits per heavy atom. The highest BCUT2D eigenvalue weighted by atomic mass is 16.5. The average Bonchev–Trinajstić information content (AvgIpc) is 3.12. The fraction of sp³-hybridized carbons (Fsp3) is 0.611. The normalized spacial score (nSPS) is 15.4. The summed E-state index contributed by atoms with van der Waals surface area (Å²) in [6, 6.07) is 2.03. The molecule has 0 radical (unpaired) electrons. The van der Waals surface area contributed by atoms with Gasteiger partial charge >= 0.3 is 0 Å². The van der Waals surface area contributed by atoms with Crippen LogP contribution in [0, 0.1) is 0 Å². The van der Waals surface area contributed by atoms with Gasteiger partial charge in [-0.05, 0) is 25.3 Å². The number of carbonyl (C=O) groups is 1. The van der Waals surface area contributed by atoms with Gasteiger partial charge < -0.3 is 14.7 Å². The van der Waals surface area contributed by atoms with Crippen molar-refractivity contribution in [1.82, 2.24) is 25.4 Å². The second-order valence-electron chi connectivity index (χ2n) is 6.93. The molecule has 0 atom stereocenters. The Balaban J connectivity index is 1.35. The number of aryl methyl sites for hydroxylation is 1. The molecule has 3 heterocycles. The molecule has 2 aromatic rings. The van der Waals surface area contributed by atoms with Gasteiger partial charge in [-0.25, -0.2) is 9.97 Å². The quantitative estimate of drug-likeness (QED) is 0.809. The van der Waals surface area contributed by atoms with E-state index in [2.05, 4.69) is 30.3 Å². The van der Waals surface area contributed by atoms with Gasteiger partial charge in [-0.1, -0.05) is 19.0 Å². The molecule has 26 heavy (non-hydrogen) atoms. The van der Waals surface area contributed by atoms with E-state index in [4.69, 9.17) is 4.52 Å². The molecule has 0 unspecified atom stereocenters. The first kappa shape index (κ1) is 18.3. The van der Waals surface area contributed by atoms with E-state index >= 15 is 0 Å². The van der Waals surface area contributed by atoms with Gasteiger partial charge in [-0.15, -0.1) is 0 Å². The van der Waals surface area contributed by atoms with Crippen molar-refractivity contribution in [2.75, 3.05) is 18.0 Å². The van der Waals surface area contributed by atoms with Gasteiger partial charge in [0.1, 0.15) is 0 Å². The number of carbonyl (C=O) groups excluding carboxylic acids is 1. The van der Waals surface area contributed by atoms with E-state index in [9.17, 15) is 4.79 Å². The molecule has 0 bridgehead atoms. The van der Waals surface area contributed by atoms with Gasteiger partial charge in [0, 0.05) is 50.3 Å². The van der Waals surface area contributed by atoms with Gasteiger partial charge in [-0.2, -0.15) is 4.98 Å². The number of hydrogen-bond acceptors (Lipinski definition) is 7. The first-order valence-corrected chi connectivity index (χ1v) is 9.25. The lowest BCUT2D eigenvalue weighted by Crippen LogP contribution is -2.45. The minimum Gasteiger partial charge on any atom is -0.353 e. The maximum atomic E-state index is 12.2. The van der Waals surface area contributed by atoms with Crippen molar-refractivity contribution in [2.24, 2.45) is 0 Å². The van der Waals surface area contributed by atoms with Gasteiger partial charge in [0.05, 0.1) is 0 Å². The summed E-state index contributed by atoms with van der Waals surface area (Å²) < 4.78 is 5.20. The summed E-state index contributed by atoms with van der Waals surface area (Å²) in [6.45, 7) is 5.76. The number of amides is 1. The van der Waals surface area contributed by atoms with Gasteiger partial charge in [0.2, 0.25) is 17.7 Å². The number of nitrogens with zero attached hydrogens (tertiary/aromatic N) is 5. The molecule has 1 N–H and O–H groups in total. The van der Waals surface area contributed by atoms with Gasteiger partial charge in [0.15, 0.2) is 5.82 Å². The summed E-state index contributed by atoms with van der Waals surface area (Å²) >= 11 is 0. The van der Waals surface area contributed by atoms with Crippen LogP contribution in [0.4, 0.5) is 5.95 Å². The first-order chi connectivity index (χ1) is 12.6. The van der Waals surface area contributed by atoms with E-state index < -0.39 is 0 Å². The van der Waals surface area contributed by atoms with Gasteiger partial charge in [-0.3, -0.25) is 4.79 Å². The number of piperidine rings is 1. The van der Waals surface area contributed by atoms with Crippen LogP contribution in [0.3, 0.4) is 0 Å². The highest BCUT2D eigenvalue weighted by Gasteiger charge is 2.22. The molecule has 3 rings (SSSR count). The van der Waals surface area contributed by atoms with Crippen molar-refractivity contribution in [3.8, 4) is 0 Å². The molecule has 0 saturated carbocycles. The third-order valence-electron chi connectivity index (χ3n) is 4.49. The second kappa shape index (κ2) is 8.73. The number of nitrogens with one attached hydrogen (secondary N) is 1. The average molecular weight is 358 g/mol. The standard InChI is InChI=1S/C18H26N6O2/c1-13(2)17-22-16(26-23-17)6-3-5-15(25)21-14-7-11-24(12-8-14)18-19-9-4-10-20-18/h4,9-10,13-14H,3,5-8,11-12H2,1-2H3,(H,21,25). The highest BCUT2D eigenvalue weighted by Crippen LogP contribution is 2.16. The number of aromatic nitrogens is 4. The van der Waals surface area contributed by atoms with Crippen LogP contribution in [0.25, 0.3) is 0 Å². The first-order valence-electron chi connectivity index (χ1n) is 9.25. The molecule has 1 aliphatic heterocycles. The number of rotatable bonds is 7. The van der Waals surface area contributed by atoms with Crippen molar-refractivity contribution in [3.63, 3.8) is 0 Å². The fourth-order valence-corrected chi connectivity index (χ4v) is 2.98. The minimum atomic E-state index is 0.0861. The maximum Gasteiger partial charge on any atom is 0.226 e. The highest BCUT2D eigenvalue weighted by molar-refractivity contribution is 5.76. The van der Waals surface area contributed by atoms with E-state index in [1.54, 1.807) is 12.4 Å². The monoisotopic (exact) mass is 358 g/mol. The minimum absolute atomic E-state index is 0.0861. The zero-order valence-corrected chi connectivity index (χ0v) is 15.4. The van der Waals surface area contributed by atoms with Crippen LogP contribution in [0.2, 0.25) is 0 Å². The van der Waals surface area contributed by atoms with Crippen molar-refractivity contribution < 1.29 is 9.32 Å². The van der Waals surface area contributed by atoms with Crippen LogP contribution in [0.1, 0.15) is 57.2 Å². The molecule has 1 aliphatic rings. The Labute approximate surface area is 153 Å². The summed E-state index contributed by atoms with van der Waals surface area (Å²) in [4.78, 5) is 27.2. The van der Waals surface area contributed by atoms with Crippen molar-refractivity contribution in [2.45, 2.75) is 57.9 Å². The molecular formula is C18H26N6O2. The lowest BCUT2D eigenvalue weighted by atomic mass is 10.0. The third kappa shape index (κ3) is 5.00. The second-order valence-corrected chi connectivity index (χ2v) is 6.93. The molecule has 1 fully saturated rings. The maximum absolute atomic E-state index is 12.2. The Bertz CT molecular complexity index is 695. The van der Waals surface area contributed by atoms with E-state index in [1.165, 1.54) is 0 Å². The molecule has 8 heteroatoms. The Morgan fingerprint density at radius 1 is 1.31 bits per heavy atom. The molecule has 0 aliphatic carbocycles. The number of anilines is 1. The molecule has 1 saturated heterocycles. The zero-order valence-electron chi connectivity index (χ0n) is 15.4. The van der Waals surface area contributed by atoms with E-state index in [1.807, 2.05) is 19.9 Å². The Hall–Kier alpha value is -2.51. The largest absolute Gasteiger partial charge is 0.353 e. The van der Waals surface area contributed by atoms with Crippen LogP contribution < -0.4 is 10.2 Å². The lowest BCUT2D eigenvalue weighted by Gasteiger charge is -2.32. The van der Waals surface area contributed by atoms with Gasteiger partial charge in [0.25, 0.3) is 0 Å². The zero-order chi connectivity index (χ0) is 18.4. The van der Waals surface area contributed by atoms with Crippen molar-refractivity contribution in [1.29, 1.82) is 0 Å². The predicted molar refractivity (Wildman–Crippen MR) is 96.7 cm³/mol. The topological polar surface area (TPSA) is 97.0 Å². The van der Waals surface area contributed by atoms with E-state index in [-0.39, 0.29) is 17.9 Å². The van der Waals surface area contributed by atoms with E-state index in [0.29, 0.717) is 25.2 Å². The molecule has 0 aromatic carbocycles. The van der Waals surface area contributed by atoms with Crippen LogP contribution in [0.5, 0.6) is 0 Å². The van der Waals surface area contributed by atoms with Crippen molar-refractivity contribution >= 4 is 11.9 Å². The molecule has 8 nitrogen and oxygen atoms in total. The Kier molecular flexibility index (Phi) is 6.14. The summed E-state index contributed by atoms with van der Waals surface area (Å²) in [5.41, 5.74) is 0. The van der Waals surface area contributed by atoms with Crippen LogP contribution >= 0.6 is 0 Å². The molecule has 140 valence electrons. The summed E-state index contributed by atoms with van der Waals surface area (Å²) in [5, 5.41) is 7.07. The van der Waals surface area contributed by atoms with Crippen molar-refractivity contribution in [3.05, 3.63) is 30.2 Å². The molecule has 0 spiro atoms. The Morgan fingerprint density at radius 3 is 2.69 bits per heavy atom. The third-order valence-corrected chi connectivity index (χ3v) is 4.49. The summed E-state index contributed by atoms with van der Waals surface area (Å²) in [5.74, 6) is 2.43. The number of hydrogen-bond donors (Lipinski definition) is 1. The van der Waals surface area contributed by atoms with Crippen LogP contribution in [-0.2, 0) is 11.2 Å². The summed E-state index contributed by atoms with van der Waals surface area (Å²) in [7, 11) is 0. The van der Waals surface area contributed by atoms with E-state index in [0.717, 1.165) is 37.7 Å². The van der Waals surface area contributed by atoms with Crippen LogP contribution in [0.15, 0.2) is 23.0 Å². The van der Waals surface area contributed by atoms with Crippen LogP contribution in [-0.4, -0.2) is 45.1 Å².